The third-order valence-electron chi connectivity index (χ3n) is 2.01. The molecule has 1 rings (SSSR count). The Kier molecular flexibility index (Phi) is 4.92. The minimum atomic E-state index is 0.206. The molecule has 0 amide bonds. The van der Waals surface area contributed by atoms with Crippen molar-refractivity contribution >= 4 is 11.6 Å². The molecule has 1 fully saturated rings. The number of halogens is 1. The molecule has 0 aromatic rings. The molecule has 1 aliphatic heterocycles. The van der Waals surface area contributed by atoms with Gasteiger partial charge in [-0.25, -0.2) is 0 Å². The summed E-state index contributed by atoms with van der Waals surface area (Å²) in [6.07, 6.45) is 0.206. The standard InChI is InChI=1S/C8H16ClNO2/c1-11-4-2-10-3-5-12-8(6-9)7-10/h8H,2-7H2,1H3. The van der Waals surface area contributed by atoms with Gasteiger partial charge in [0.25, 0.3) is 0 Å². The van der Waals surface area contributed by atoms with Gasteiger partial charge in [0.05, 0.1) is 19.3 Å². The number of hydrogen-bond donors (Lipinski definition) is 0. The Morgan fingerprint density at radius 2 is 2.50 bits per heavy atom. The fourth-order valence-electron chi connectivity index (χ4n) is 1.30. The van der Waals surface area contributed by atoms with E-state index in [4.69, 9.17) is 21.1 Å². The molecule has 1 heterocycles. The lowest BCUT2D eigenvalue weighted by Gasteiger charge is -2.31. The number of methoxy groups -OCH3 is 1. The molecule has 0 spiro atoms. The van der Waals surface area contributed by atoms with Crippen LogP contribution in [0.15, 0.2) is 0 Å². The van der Waals surface area contributed by atoms with Gasteiger partial charge in [0.1, 0.15) is 0 Å². The van der Waals surface area contributed by atoms with Crippen molar-refractivity contribution in [1.82, 2.24) is 4.90 Å². The fourth-order valence-corrected chi connectivity index (χ4v) is 1.48. The Bertz CT molecular complexity index is 124. The smallest absolute Gasteiger partial charge is 0.0837 e. The van der Waals surface area contributed by atoms with Crippen molar-refractivity contribution < 1.29 is 9.47 Å². The molecule has 0 saturated carbocycles. The number of nitrogens with zero attached hydrogens (tertiary/aromatic N) is 1. The summed E-state index contributed by atoms with van der Waals surface area (Å²) < 4.78 is 10.4. The predicted octanol–water partition coefficient (Wildman–Crippen LogP) is 0.572. The Hall–Kier alpha value is 0.170. The zero-order valence-electron chi connectivity index (χ0n) is 7.46. The molecule has 0 bridgehead atoms. The molecule has 0 radical (unpaired) electrons. The van der Waals surface area contributed by atoms with Crippen molar-refractivity contribution in [2.75, 3.05) is 45.8 Å². The second-order valence-corrected chi connectivity index (χ2v) is 3.25. The second kappa shape index (κ2) is 5.75. The van der Waals surface area contributed by atoms with Crippen LogP contribution in [0.4, 0.5) is 0 Å². The van der Waals surface area contributed by atoms with Crippen LogP contribution in [0.1, 0.15) is 0 Å². The lowest BCUT2D eigenvalue weighted by atomic mass is 10.3. The normalized spacial score (nSPS) is 26.0. The quantitative estimate of drug-likeness (QED) is 0.610. The highest BCUT2D eigenvalue weighted by Gasteiger charge is 2.18. The molecule has 3 nitrogen and oxygen atoms in total. The maximum atomic E-state index is 5.70. The van der Waals surface area contributed by atoms with Gasteiger partial charge in [-0.2, -0.15) is 0 Å². The zero-order chi connectivity index (χ0) is 8.81. The maximum Gasteiger partial charge on any atom is 0.0837 e. The monoisotopic (exact) mass is 193 g/mol. The highest BCUT2D eigenvalue weighted by atomic mass is 35.5. The van der Waals surface area contributed by atoms with Crippen LogP contribution in [0.5, 0.6) is 0 Å². The van der Waals surface area contributed by atoms with E-state index in [0.717, 1.165) is 32.8 Å². The first-order valence-corrected chi connectivity index (χ1v) is 4.79. The molecule has 1 aliphatic rings. The zero-order valence-corrected chi connectivity index (χ0v) is 8.22. The second-order valence-electron chi connectivity index (χ2n) is 2.94. The van der Waals surface area contributed by atoms with Gasteiger partial charge in [0.2, 0.25) is 0 Å². The average Bonchev–Trinajstić information content (AvgIpc) is 2.15. The van der Waals surface area contributed by atoms with E-state index in [2.05, 4.69) is 4.90 Å². The largest absolute Gasteiger partial charge is 0.383 e. The Morgan fingerprint density at radius 3 is 3.17 bits per heavy atom. The number of rotatable bonds is 4. The molecule has 0 N–H and O–H groups in total. The average molecular weight is 194 g/mol. The van der Waals surface area contributed by atoms with E-state index in [1.165, 1.54) is 0 Å². The molecular formula is C8H16ClNO2. The molecule has 0 aromatic heterocycles. The van der Waals surface area contributed by atoms with Crippen LogP contribution < -0.4 is 0 Å². The van der Waals surface area contributed by atoms with Gasteiger partial charge < -0.3 is 9.47 Å². The van der Waals surface area contributed by atoms with E-state index < -0.39 is 0 Å². The summed E-state index contributed by atoms with van der Waals surface area (Å²) in [5, 5.41) is 0. The molecule has 0 aliphatic carbocycles. The first kappa shape index (κ1) is 10.3. The molecule has 1 saturated heterocycles. The third kappa shape index (κ3) is 3.27. The Balaban J connectivity index is 2.16. The summed E-state index contributed by atoms with van der Waals surface area (Å²) in [4.78, 5) is 2.32. The minimum Gasteiger partial charge on any atom is -0.383 e. The van der Waals surface area contributed by atoms with Gasteiger partial charge >= 0.3 is 0 Å². The van der Waals surface area contributed by atoms with Gasteiger partial charge in [-0.1, -0.05) is 0 Å². The highest BCUT2D eigenvalue weighted by molar-refractivity contribution is 6.18. The minimum absolute atomic E-state index is 0.206. The Morgan fingerprint density at radius 1 is 1.67 bits per heavy atom. The molecule has 0 aromatic carbocycles. The van der Waals surface area contributed by atoms with Gasteiger partial charge in [0, 0.05) is 32.6 Å². The summed E-state index contributed by atoms with van der Waals surface area (Å²) >= 11 is 5.70. The van der Waals surface area contributed by atoms with Gasteiger partial charge in [-0.15, -0.1) is 11.6 Å². The lowest BCUT2D eigenvalue weighted by Crippen LogP contribution is -2.44. The molecule has 4 heteroatoms. The van der Waals surface area contributed by atoms with Crippen LogP contribution in [-0.2, 0) is 9.47 Å². The molecule has 12 heavy (non-hydrogen) atoms. The van der Waals surface area contributed by atoms with Crippen LogP contribution in [-0.4, -0.2) is 56.8 Å². The third-order valence-corrected chi connectivity index (χ3v) is 2.35. The van der Waals surface area contributed by atoms with Crippen LogP contribution in [0.2, 0.25) is 0 Å². The molecular weight excluding hydrogens is 178 g/mol. The summed E-state index contributed by atoms with van der Waals surface area (Å²) in [5.41, 5.74) is 0. The first-order chi connectivity index (χ1) is 5.86. The van der Waals surface area contributed by atoms with E-state index in [1.54, 1.807) is 7.11 Å². The van der Waals surface area contributed by atoms with Crippen molar-refractivity contribution in [3.63, 3.8) is 0 Å². The summed E-state index contributed by atoms with van der Waals surface area (Å²) in [6.45, 7) is 4.49. The topological polar surface area (TPSA) is 21.7 Å². The van der Waals surface area contributed by atoms with Crippen LogP contribution in [0.25, 0.3) is 0 Å². The van der Waals surface area contributed by atoms with E-state index in [0.29, 0.717) is 5.88 Å². The predicted molar refractivity (Wildman–Crippen MR) is 48.8 cm³/mol. The van der Waals surface area contributed by atoms with Crippen LogP contribution >= 0.6 is 11.6 Å². The number of alkyl halides is 1. The number of hydrogen-bond acceptors (Lipinski definition) is 3. The highest BCUT2D eigenvalue weighted by Crippen LogP contribution is 2.05. The van der Waals surface area contributed by atoms with Crippen molar-refractivity contribution in [1.29, 1.82) is 0 Å². The molecule has 1 atom stereocenters. The van der Waals surface area contributed by atoms with Crippen LogP contribution in [0.3, 0.4) is 0 Å². The maximum absolute atomic E-state index is 5.70. The van der Waals surface area contributed by atoms with Crippen molar-refractivity contribution in [2.45, 2.75) is 6.10 Å². The molecule has 72 valence electrons. The summed E-state index contributed by atoms with van der Waals surface area (Å²) in [6, 6.07) is 0. The summed E-state index contributed by atoms with van der Waals surface area (Å²) in [7, 11) is 1.72. The summed E-state index contributed by atoms with van der Waals surface area (Å²) in [5.74, 6) is 0.587. The van der Waals surface area contributed by atoms with Gasteiger partial charge in [-0.05, 0) is 0 Å². The number of ether oxygens (including phenoxy) is 2. The lowest BCUT2D eigenvalue weighted by molar-refractivity contribution is -0.0227. The Labute approximate surface area is 78.6 Å². The van der Waals surface area contributed by atoms with Gasteiger partial charge in [0.15, 0.2) is 0 Å². The number of morpholine rings is 1. The van der Waals surface area contributed by atoms with Crippen molar-refractivity contribution in [2.24, 2.45) is 0 Å². The van der Waals surface area contributed by atoms with E-state index in [-0.39, 0.29) is 6.10 Å². The van der Waals surface area contributed by atoms with Crippen molar-refractivity contribution in [3.8, 4) is 0 Å². The van der Waals surface area contributed by atoms with Gasteiger partial charge in [-0.3, -0.25) is 4.90 Å². The van der Waals surface area contributed by atoms with E-state index in [9.17, 15) is 0 Å². The first-order valence-electron chi connectivity index (χ1n) is 4.25. The van der Waals surface area contributed by atoms with Crippen molar-refractivity contribution in [3.05, 3.63) is 0 Å². The fraction of sp³-hybridized carbons (Fsp3) is 1.00. The molecule has 1 unspecified atom stereocenters. The van der Waals surface area contributed by atoms with Crippen LogP contribution in [0, 0.1) is 0 Å². The SMILES string of the molecule is COCCN1CCOC(CCl)C1. The van der Waals surface area contributed by atoms with E-state index >= 15 is 0 Å². The van der Waals surface area contributed by atoms with E-state index in [1.807, 2.05) is 0 Å².